The first-order chi connectivity index (χ1) is 9.06. The first-order valence-corrected chi connectivity index (χ1v) is 6.23. The summed E-state index contributed by atoms with van der Waals surface area (Å²) in [6.45, 7) is 1.99. The molecule has 0 aromatic heterocycles. The number of aliphatic hydroxyl groups excluding tert-OH is 1. The number of aliphatic hydroxyl groups is 1. The van der Waals surface area contributed by atoms with Gasteiger partial charge in [-0.3, -0.25) is 0 Å². The smallest absolute Gasteiger partial charge is 0.162 e. The Morgan fingerprint density at radius 3 is 2.37 bits per heavy atom. The molecule has 2 aromatic rings. The molecule has 1 nitrogen and oxygen atoms in total. The molecule has 0 saturated heterocycles. The number of halogens is 2. The fourth-order valence-corrected chi connectivity index (χ4v) is 2.03. The van der Waals surface area contributed by atoms with E-state index in [1.807, 2.05) is 31.2 Å². The standard InChI is InChI=1S/C16H16F2O/c1-11-5-7-12(8-6-11)9-14(19)10-13-3-2-4-15(17)16(13)18/h2-8,14,19H,9-10H2,1H3. The van der Waals surface area contributed by atoms with Crippen molar-refractivity contribution in [3.05, 3.63) is 70.8 Å². The van der Waals surface area contributed by atoms with E-state index in [2.05, 4.69) is 0 Å². The quantitative estimate of drug-likeness (QED) is 0.895. The Morgan fingerprint density at radius 2 is 1.68 bits per heavy atom. The lowest BCUT2D eigenvalue weighted by Gasteiger charge is -2.12. The van der Waals surface area contributed by atoms with Crippen molar-refractivity contribution in [1.29, 1.82) is 0 Å². The number of benzene rings is 2. The van der Waals surface area contributed by atoms with Crippen LogP contribution in [0.4, 0.5) is 8.78 Å². The van der Waals surface area contributed by atoms with Crippen LogP contribution in [0, 0.1) is 18.6 Å². The predicted molar refractivity (Wildman–Crippen MR) is 71.0 cm³/mol. The maximum atomic E-state index is 13.5. The lowest BCUT2D eigenvalue weighted by Crippen LogP contribution is -2.15. The van der Waals surface area contributed by atoms with Gasteiger partial charge in [0.2, 0.25) is 0 Å². The molecule has 0 bridgehead atoms. The molecule has 0 aliphatic heterocycles. The lowest BCUT2D eigenvalue weighted by atomic mass is 10.0. The van der Waals surface area contributed by atoms with E-state index in [4.69, 9.17) is 0 Å². The monoisotopic (exact) mass is 262 g/mol. The summed E-state index contributed by atoms with van der Waals surface area (Å²) in [6, 6.07) is 11.8. The molecular formula is C16H16F2O. The van der Waals surface area contributed by atoms with Crippen LogP contribution in [0.15, 0.2) is 42.5 Å². The van der Waals surface area contributed by atoms with E-state index in [-0.39, 0.29) is 12.0 Å². The Morgan fingerprint density at radius 1 is 1.00 bits per heavy atom. The molecule has 100 valence electrons. The van der Waals surface area contributed by atoms with Crippen LogP contribution in [0.25, 0.3) is 0 Å². The van der Waals surface area contributed by atoms with Gasteiger partial charge in [0.1, 0.15) is 0 Å². The van der Waals surface area contributed by atoms with E-state index < -0.39 is 17.7 Å². The largest absolute Gasteiger partial charge is 0.392 e. The molecule has 1 N–H and O–H groups in total. The SMILES string of the molecule is Cc1ccc(CC(O)Cc2cccc(F)c2F)cc1. The predicted octanol–water partition coefficient (Wildman–Crippen LogP) is 3.42. The lowest BCUT2D eigenvalue weighted by molar-refractivity contribution is 0.174. The van der Waals surface area contributed by atoms with Gasteiger partial charge >= 0.3 is 0 Å². The molecule has 1 unspecified atom stereocenters. The van der Waals surface area contributed by atoms with Crippen molar-refractivity contribution >= 4 is 0 Å². The molecule has 3 heteroatoms. The van der Waals surface area contributed by atoms with Crippen molar-refractivity contribution in [2.24, 2.45) is 0 Å². The molecular weight excluding hydrogens is 246 g/mol. The van der Waals surface area contributed by atoms with Crippen molar-refractivity contribution in [2.45, 2.75) is 25.9 Å². The second-order valence-corrected chi connectivity index (χ2v) is 4.76. The summed E-state index contributed by atoms with van der Waals surface area (Å²) in [7, 11) is 0. The molecule has 0 heterocycles. The summed E-state index contributed by atoms with van der Waals surface area (Å²) >= 11 is 0. The van der Waals surface area contributed by atoms with Crippen LogP contribution < -0.4 is 0 Å². The van der Waals surface area contributed by atoms with Gasteiger partial charge in [0, 0.05) is 6.42 Å². The Labute approximate surface area is 111 Å². The second kappa shape index (κ2) is 5.93. The third-order valence-corrected chi connectivity index (χ3v) is 3.08. The van der Waals surface area contributed by atoms with E-state index in [0.717, 1.165) is 17.2 Å². The summed E-state index contributed by atoms with van der Waals surface area (Å²) in [4.78, 5) is 0. The van der Waals surface area contributed by atoms with Crippen LogP contribution >= 0.6 is 0 Å². The average Bonchev–Trinajstić information content (AvgIpc) is 2.38. The maximum Gasteiger partial charge on any atom is 0.162 e. The third kappa shape index (κ3) is 3.61. The molecule has 19 heavy (non-hydrogen) atoms. The minimum Gasteiger partial charge on any atom is -0.392 e. The van der Waals surface area contributed by atoms with Crippen LogP contribution in [-0.2, 0) is 12.8 Å². The van der Waals surface area contributed by atoms with E-state index in [1.165, 1.54) is 12.1 Å². The molecule has 0 radical (unpaired) electrons. The Kier molecular flexibility index (Phi) is 4.27. The first-order valence-electron chi connectivity index (χ1n) is 6.23. The first kappa shape index (κ1) is 13.7. The third-order valence-electron chi connectivity index (χ3n) is 3.08. The van der Waals surface area contributed by atoms with Gasteiger partial charge in [0.05, 0.1) is 6.10 Å². The summed E-state index contributed by atoms with van der Waals surface area (Å²) in [5.74, 6) is -1.74. The molecule has 1 atom stereocenters. The molecule has 0 fully saturated rings. The maximum absolute atomic E-state index is 13.5. The summed E-state index contributed by atoms with van der Waals surface area (Å²) in [6.07, 6.45) is -0.188. The molecule has 2 rings (SSSR count). The van der Waals surface area contributed by atoms with Crippen molar-refractivity contribution in [2.75, 3.05) is 0 Å². The van der Waals surface area contributed by atoms with Crippen molar-refractivity contribution < 1.29 is 13.9 Å². The zero-order valence-corrected chi connectivity index (χ0v) is 10.7. The zero-order valence-electron chi connectivity index (χ0n) is 10.7. The zero-order chi connectivity index (χ0) is 13.8. The van der Waals surface area contributed by atoms with Crippen LogP contribution in [0.1, 0.15) is 16.7 Å². The number of aryl methyl sites for hydroxylation is 1. The van der Waals surface area contributed by atoms with Crippen LogP contribution in [0.3, 0.4) is 0 Å². The highest BCUT2D eigenvalue weighted by molar-refractivity contribution is 5.23. The van der Waals surface area contributed by atoms with Gasteiger partial charge in [-0.2, -0.15) is 0 Å². The highest BCUT2D eigenvalue weighted by Crippen LogP contribution is 2.15. The summed E-state index contributed by atoms with van der Waals surface area (Å²) in [5, 5.41) is 9.95. The molecule has 0 aliphatic carbocycles. The van der Waals surface area contributed by atoms with E-state index in [1.54, 1.807) is 0 Å². The van der Waals surface area contributed by atoms with Crippen LogP contribution in [0.2, 0.25) is 0 Å². The normalized spacial score (nSPS) is 12.4. The Bertz CT molecular complexity index is 549. The Hall–Kier alpha value is -1.74. The minimum atomic E-state index is -0.875. The van der Waals surface area contributed by atoms with Crippen molar-refractivity contribution in [1.82, 2.24) is 0 Å². The summed E-state index contributed by atoms with van der Waals surface area (Å²) in [5.41, 5.74) is 2.34. The van der Waals surface area contributed by atoms with Gasteiger partial charge in [0.25, 0.3) is 0 Å². The van der Waals surface area contributed by atoms with Gasteiger partial charge in [-0.05, 0) is 30.5 Å². The number of rotatable bonds is 4. The number of hydrogen-bond donors (Lipinski definition) is 1. The highest BCUT2D eigenvalue weighted by Gasteiger charge is 2.12. The molecule has 0 spiro atoms. The average molecular weight is 262 g/mol. The number of hydrogen-bond acceptors (Lipinski definition) is 1. The molecule has 2 aromatic carbocycles. The summed E-state index contributed by atoms with van der Waals surface area (Å²) < 4.78 is 26.5. The van der Waals surface area contributed by atoms with Crippen LogP contribution in [-0.4, -0.2) is 11.2 Å². The van der Waals surface area contributed by atoms with Crippen LogP contribution in [0.5, 0.6) is 0 Å². The molecule has 0 aliphatic rings. The van der Waals surface area contributed by atoms with Crippen molar-refractivity contribution in [3.8, 4) is 0 Å². The van der Waals surface area contributed by atoms with Crippen molar-refractivity contribution in [3.63, 3.8) is 0 Å². The Balaban J connectivity index is 2.03. The molecule has 0 amide bonds. The molecule has 0 saturated carbocycles. The topological polar surface area (TPSA) is 20.2 Å². The fraction of sp³-hybridized carbons (Fsp3) is 0.250. The van der Waals surface area contributed by atoms with E-state index in [9.17, 15) is 13.9 Å². The highest BCUT2D eigenvalue weighted by atomic mass is 19.2. The van der Waals surface area contributed by atoms with E-state index in [0.29, 0.717) is 6.42 Å². The van der Waals surface area contributed by atoms with Gasteiger partial charge in [-0.25, -0.2) is 8.78 Å². The van der Waals surface area contributed by atoms with Gasteiger partial charge in [0.15, 0.2) is 11.6 Å². The van der Waals surface area contributed by atoms with Gasteiger partial charge < -0.3 is 5.11 Å². The van der Waals surface area contributed by atoms with E-state index >= 15 is 0 Å². The minimum absolute atomic E-state index is 0.109. The second-order valence-electron chi connectivity index (χ2n) is 4.76. The fourth-order valence-electron chi connectivity index (χ4n) is 2.03. The van der Waals surface area contributed by atoms with Gasteiger partial charge in [-0.1, -0.05) is 42.0 Å². The van der Waals surface area contributed by atoms with Gasteiger partial charge in [-0.15, -0.1) is 0 Å².